The minimum atomic E-state index is -0.416. The van der Waals surface area contributed by atoms with Gasteiger partial charge in [0.05, 0.1) is 10.7 Å². The van der Waals surface area contributed by atoms with Crippen molar-refractivity contribution in [2.24, 2.45) is 7.05 Å². The molecule has 0 aliphatic heterocycles. The lowest BCUT2D eigenvalue weighted by Gasteiger charge is -2.05. The fourth-order valence-electron chi connectivity index (χ4n) is 1.53. The van der Waals surface area contributed by atoms with E-state index in [0.29, 0.717) is 0 Å². The Kier molecular flexibility index (Phi) is 3.04. The fourth-order valence-corrected chi connectivity index (χ4v) is 2.46. The second-order valence-corrected chi connectivity index (χ2v) is 4.64. The van der Waals surface area contributed by atoms with Crippen molar-refractivity contribution >= 4 is 27.5 Å². The SMILES string of the molecule is Cc1nc(Br)c(-c2ccc(F)c(Cl)c2)n1C. The molecule has 5 heteroatoms. The van der Waals surface area contributed by atoms with Crippen LogP contribution < -0.4 is 0 Å². The Morgan fingerprint density at radius 1 is 1.44 bits per heavy atom. The molecule has 1 aromatic heterocycles. The molecule has 16 heavy (non-hydrogen) atoms. The molecule has 0 N–H and O–H groups in total. The van der Waals surface area contributed by atoms with Gasteiger partial charge < -0.3 is 4.57 Å². The maximum atomic E-state index is 13.1. The van der Waals surface area contributed by atoms with Crippen LogP contribution in [-0.4, -0.2) is 9.55 Å². The van der Waals surface area contributed by atoms with Crippen LogP contribution in [0.1, 0.15) is 5.82 Å². The summed E-state index contributed by atoms with van der Waals surface area (Å²) in [4.78, 5) is 4.28. The number of hydrogen-bond acceptors (Lipinski definition) is 1. The van der Waals surface area contributed by atoms with E-state index in [2.05, 4.69) is 20.9 Å². The Morgan fingerprint density at radius 3 is 2.62 bits per heavy atom. The van der Waals surface area contributed by atoms with Gasteiger partial charge in [-0.25, -0.2) is 9.37 Å². The van der Waals surface area contributed by atoms with Crippen molar-refractivity contribution in [1.82, 2.24) is 9.55 Å². The molecule has 0 aliphatic carbocycles. The maximum Gasteiger partial charge on any atom is 0.141 e. The maximum absolute atomic E-state index is 13.1. The van der Waals surface area contributed by atoms with Gasteiger partial charge in [-0.05, 0) is 41.1 Å². The molecule has 0 unspecified atom stereocenters. The molecule has 0 aliphatic rings. The van der Waals surface area contributed by atoms with Gasteiger partial charge in [0.15, 0.2) is 0 Å². The van der Waals surface area contributed by atoms with Crippen molar-refractivity contribution in [2.45, 2.75) is 6.92 Å². The molecule has 0 bridgehead atoms. The van der Waals surface area contributed by atoms with Crippen LogP contribution in [0.2, 0.25) is 5.02 Å². The first-order valence-electron chi connectivity index (χ1n) is 4.65. The van der Waals surface area contributed by atoms with Crippen LogP contribution in [0.4, 0.5) is 4.39 Å². The number of halogens is 3. The highest BCUT2D eigenvalue weighted by Crippen LogP contribution is 2.30. The highest BCUT2D eigenvalue weighted by molar-refractivity contribution is 9.10. The van der Waals surface area contributed by atoms with E-state index < -0.39 is 5.82 Å². The minimum absolute atomic E-state index is 0.114. The van der Waals surface area contributed by atoms with Crippen molar-refractivity contribution in [1.29, 1.82) is 0 Å². The standard InChI is InChI=1S/C11H9BrClFN2/c1-6-15-11(12)10(16(6)2)7-3-4-9(14)8(13)5-7/h3-5H,1-2H3. The van der Waals surface area contributed by atoms with Gasteiger partial charge in [0.2, 0.25) is 0 Å². The summed E-state index contributed by atoms with van der Waals surface area (Å²) in [5, 5.41) is 0.114. The van der Waals surface area contributed by atoms with Crippen molar-refractivity contribution < 1.29 is 4.39 Å². The summed E-state index contributed by atoms with van der Waals surface area (Å²) in [5.74, 6) is 0.461. The highest BCUT2D eigenvalue weighted by Gasteiger charge is 2.13. The van der Waals surface area contributed by atoms with Gasteiger partial charge >= 0.3 is 0 Å². The van der Waals surface area contributed by atoms with Gasteiger partial charge in [-0.1, -0.05) is 11.6 Å². The third-order valence-corrected chi connectivity index (χ3v) is 3.31. The van der Waals surface area contributed by atoms with E-state index in [9.17, 15) is 4.39 Å². The number of rotatable bonds is 1. The molecule has 1 aromatic carbocycles. The van der Waals surface area contributed by atoms with Crippen LogP contribution in [0, 0.1) is 12.7 Å². The molecular formula is C11H9BrClFN2. The Hall–Kier alpha value is -0.870. The monoisotopic (exact) mass is 302 g/mol. The lowest BCUT2D eigenvalue weighted by atomic mass is 10.1. The first-order valence-corrected chi connectivity index (χ1v) is 5.82. The van der Waals surface area contributed by atoms with Crippen molar-refractivity contribution in [2.75, 3.05) is 0 Å². The predicted molar refractivity (Wildman–Crippen MR) is 66.0 cm³/mol. The third-order valence-electron chi connectivity index (χ3n) is 2.47. The first-order chi connectivity index (χ1) is 7.50. The van der Waals surface area contributed by atoms with Crippen LogP contribution >= 0.6 is 27.5 Å². The molecule has 2 rings (SSSR count). The summed E-state index contributed by atoms with van der Waals surface area (Å²) in [6, 6.07) is 4.63. The molecule has 0 saturated carbocycles. The molecule has 0 fully saturated rings. The van der Waals surface area contributed by atoms with E-state index in [1.54, 1.807) is 12.1 Å². The van der Waals surface area contributed by atoms with E-state index in [-0.39, 0.29) is 5.02 Å². The lowest BCUT2D eigenvalue weighted by Crippen LogP contribution is -1.94. The zero-order chi connectivity index (χ0) is 11.9. The van der Waals surface area contributed by atoms with Crippen LogP contribution in [-0.2, 0) is 7.05 Å². The van der Waals surface area contributed by atoms with Crippen LogP contribution in [0.25, 0.3) is 11.3 Å². The summed E-state index contributed by atoms with van der Waals surface area (Å²) in [7, 11) is 1.90. The van der Waals surface area contributed by atoms with Gasteiger partial charge in [-0.15, -0.1) is 0 Å². The first kappa shape index (κ1) is 11.6. The third kappa shape index (κ3) is 1.87. The van der Waals surface area contributed by atoms with Gasteiger partial charge in [0.1, 0.15) is 16.2 Å². The Balaban J connectivity index is 2.63. The molecule has 0 radical (unpaired) electrons. The van der Waals surface area contributed by atoms with Gasteiger partial charge in [0.25, 0.3) is 0 Å². The molecule has 2 nitrogen and oxygen atoms in total. The summed E-state index contributed by atoms with van der Waals surface area (Å²) < 4.78 is 15.7. The molecule has 84 valence electrons. The van der Waals surface area contributed by atoms with E-state index in [4.69, 9.17) is 11.6 Å². The molecule has 1 heterocycles. The zero-order valence-electron chi connectivity index (χ0n) is 8.76. The van der Waals surface area contributed by atoms with E-state index in [1.807, 2.05) is 18.5 Å². The largest absolute Gasteiger partial charge is 0.330 e. The molecule has 2 aromatic rings. The summed E-state index contributed by atoms with van der Waals surface area (Å²) in [6.07, 6.45) is 0. The van der Waals surface area contributed by atoms with Crippen LogP contribution in [0.3, 0.4) is 0 Å². The average Bonchev–Trinajstić information content (AvgIpc) is 2.47. The Bertz CT molecular complexity index is 551. The van der Waals surface area contributed by atoms with E-state index >= 15 is 0 Å². The van der Waals surface area contributed by atoms with Crippen LogP contribution in [0.15, 0.2) is 22.8 Å². The van der Waals surface area contributed by atoms with Crippen molar-refractivity contribution in [3.8, 4) is 11.3 Å². The smallest absolute Gasteiger partial charge is 0.141 e. The highest BCUT2D eigenvalue weighted by atomic mass is 79.9. The zero-order valence-corrected chi connectivity index (χ0v) is 11.1. The Morgan fingerprint density at radius 2 is 2.12 bits per heavy atom. The number of imidazole rings is 1. The van der Waals surface area contributed by atoms with E-state index in [1.165, 1.54) is 6.07 Å². The molecule has 0 saturated heterocycles. The van der Waals surface area contributed by atoms with Crippen molar-refractivity contribution in [3.63, 3.8) is 0 Å². The van der Waals surface area contributed by atoms with Crippen molar-refractivity contribution in [3.05, 3.63) is 39.5 Å². The van der Waals surface area contributed by atoms with Gasteiger partial charge in [0, 0.05) is 12.6 Å². The number of aromatic nitrogens is 2. The summed E-state index contributed by atoms with van der Waals surface area (Å²) in [5.41, 5.74) is 1.72. The molecule has 0 atom stereocenters. The summed E-state index contributed by atoms with van der Waals surface area (Å²) in [6.45, 7) is 1.90. The minimum Gasteiger partial charge on any atom is -0.330 e. The normalized spacial score (nSPS) is 10.8. The number of aryl methyl sites for hydroxylation is 1. The number of hydrogen-bond donors (Lipinski definition) is 0. The average molecular weight is 304 g/mol. The summed E-state index contributed by atoms with van der Waals surface area (Å²) >= 11 is 9.13. The number of nitrogens with zero attached hydrogens (tertiary/aromatic N) is 2. The molecular weight excluding hydrogens is 294 g/mol. The van der Waals surface area contributed by atoms with Gasteiger partial charge in [-0.3, -0.25) is 0 Å². The fraction of sp³-hybridized carbons (Fsp3) is 0.182. The quantitative estimate of drug-likeness (QED) is 0.780. The lowest BCUT2D eigenvalue weighted by molar-refractivity contribution is 0.628. The predicted octanol–water partition coefficient (Wildman–Crippen LogP) is 3.95. The second-order valence-electron chi connectivity index (χ2n) is 3.49. The van der Waals surface area contributed by atoms with Crippen LogP contribution in [0.5, 0.6) is 0 Å². The number of benzene rings is 1. The second kappa shape index (κ2) is 4.18. The van der Waals surface area contributed by atoms with Gasteiger partial charge in [-0.2, -0.15) is 0 Å². The molecule has 0 spiro atoms. The Labute approximate surface area is 106 Å². The van der Waals surface area contributed by atoms with E-state index in [0.717, 1.165) is 21.7 Å². The topological polar surface area (TPSA) is 17.8 Å². The molecule has 0 amide bonds.